The second kappa shape index (κ2) is 19.1. The lowest BCUT2D eigenvalue weighted by Gasteiger charge is -2.25. The van der Waals surface area contributed by atoms with Gasteiger partial charge in [0.2, 0.25) is 5.91 Å². The smallest absolute Gasteiger partial charge is 0.223 e. The molecule has 5 N–H and O–H groups in total. The number of carbonyl (C=O) groups is 2. The van der Waals surface area contributed by atoms with Crippen LogP contribution in [0, 0.1) is 5.92 Å². The van der Waals surface area contributed by atoms with Crippen LogP contribution in [0.1, 0.15) is 80.1 Å². The van der Waals surface area contributed by atoms with Crippen molar-refractivity contribution in [2.24, 2.45) is 5.92 Å². The third-order valence-corrected chi connectivity index (χ3v) is 5.92. The van der Waals surface area contributed by atoms with Crippen molar-refractivity contribution in [1.82, 2.24) is 15.1 Å². The molecule has 0 saturated heterocycles. The molecule has 0 aromatic rings. The first kappa shape index (κ1) is 33.9. The van der Waals surface area contributed by atoms with Crippen LogP contribution in [0.15, 0.2) is 0 Å². The second-order valence-corrected chi connectivity index (χ2v) is 10.5. The van der Waals surface area contributed by atoms with Crippen molar-refractivity contribution < 1.29 is 30.0 Å². The number of amides is 1. The third-order valence-electron chi connectivity index (χ3n) is 5.92. The fourth-order valence-corrected chi connectivity index (χ4v) is 4.30. The highest BCUT2D eigenvalue weighted by Crippen LogP contribution is 2.12. The highest BCUT2D eigenvalue weighted by atomic mass is 16.3. The van der Waals surface area contributed by atoms with E-state index in [1.807, 2.05) is 16.7 Å². The van der Waals surface area contributed by atoms with Crippen LogP contribution in [-0.2, 0) is 9.59 Å². The zero-order valence-electron chi connectivity index (χ0n) is 22.9. The van der Waals surface area contributed by atoms with Crippen LogP contribution in [0.2, 0.25) is 0 Å². The molecule has 9 heteroatoms. The number of nitrogens with zero attached hydrogens (tertiary/aromatic N) is 2. The van der Waals surface area contributed by atoms with Gasteiger partial charge in [0.25, 0.3) is 0 Å². The predicted octanol–water partition coefficient (Wildman–Crippen LogP) is 1.16. The predicted molar refractivity (Wildman–Crippen MR) is 139 cm³/mol. The first-order chi connectivity index (χ1) is 16.3. The molecule has 0 radical (unpaired) electrons. The lowest BCUT2D eigenvalue weighted by molar-refractivity contribution is -0.129. The summed E-state index contributed by atoms with van der Waals surface area (Å²) >= 11 is 0. The molecule has 0 aromatic carbocycles. The monoisotopic (exact) mass is 503 g/mol. The normalized spacial score (nSPS) is 17.1. The van der Waals surface area contributed by atoms with Gasteiger partial charge in [-0.05, 0) is 79.8 Å². The summed E-state index contributed by atoms with van der Waals surface area (Å²) in [4.78, 5) is 28.8. The number of Topliss-reactive ketones (excluding diaryl/α,β-unsaturated/α-hetero) is 1. The van der Waals surface area contributed by atoms with Gasteiger partial charge in [-0.25, -0.2) is 0 Å². The summed E-state index contributed by atoms with van der Waals surface area (Å²) in [6.45, 7) is 13.7. The molecule has 0 spiro atoms. The zero-order chi connectivity index (χ0) is 27.0. The molecular weight excluding hydrogens is 450 g/mol. The molecule has 0 aliphatic rings. The summed E-state index contributed by atoms with van der Waals surface area (Å²) in [6.07, 6.45) is 2.70. The number of aliphatic hydroxyl groups excluding tert-OH is 4. The van der Waals surface area contributed by atoms with Crippen LogP contribution in [0.3, 0.4) is 0 Å². The average molecular weight is 504 g/mol. The molecule has 0 aliphatic carbocycles. The summed E-state index contributed by atoms with van der Waals surface area (Å²) in [5.74, 6) is -0.367. The Morgan fingerprint density at radius 1 is 0.657 bits per heavy atom. The molecule has 0 fully saturated rings. The Kier molecular flexibility index (Phi) is 18.5. The van der Waals surface area contributed by atoms with Crippen molar-refractivity contribution in [3.05, 3.63) is 0 Å². The van der Waals surface area contributed by atoms with Crippen LogP contribution >= 0.6 is 0 Å². The summed E-state index contributed by atoms with van der Waals surface area (Å²) in [7, 11) is 0. The molecule has 1 amide bonds. The molecule has 0 heterocycles. The Labute approximate surface area is 212 Å². The van der Waals surface area contributed by atoms with E-state index >= 15 is 0 Å². The maximum absolute atomic E-state index is 12.7. The van der Waals surface area contributed by atoms with E-state index in [0.717, 1.165) is 32.2 Å². The number of rotatable bonds is 21. The van der Waals surface area contributed by atoms with Crippen molar-refractivity contribution in [2.75, 3.05) is 39.3 Å². The van der Waals surface area contributed by atoms with Crippen molar-refractivity contribution in [3.8, 4) is 0 Å². The number of unbranched alkanes of at least 4 members (excludes halogenated alkanes) is 2. The quantitative estimate of drug-likeness (QED) is 0.147. The van der Waals surface area contributed by atoms with Crippen molar-refractivity contribution in [2.45, 2.75) is 111 Å². The summed E-state index contributed by atoms with van der Waals surface area (Å²) in [6, 6.07) is -0.500. The first-order valence-corrected chi connectivity index (χ1v) is 13.3. The number of hydrogen-bond acceptors (Lipinski definition) is 8. The molecule has 0 saturated carbocycles. The van der Waals surface area contributed by atoms with E-state index < -0.39 is 30.5 Å². The minimum absolute atomic E-state index is 0.0535. The molecule has 35 heavy (non-hydrogen) atoms. The SMILES string of the molecule is CC(=O)[C@H](CCCCN(C[C@@H](C)O)C[C@@H](C)O)NC(=O)[C@H](C)CCCCN(C[C@@H](C)O)C[C@@H](C)O. The van der Waals surface area contributed by atoms with Gasteiger partial charge < -0.3 is 25.7 Å². The van der Waals surface area contributed by atoms with Gasteiger partial charge >= 0.3 is 0 Å². The van der Waals surface area contributed by atoms with Crippen molar-refractivity contribution in [1.29, 1.82) is 0 Å². The van der Waals surface area contributed by atoms with Gasteiger partial charge in [-0.15, -0.1) is 0 Å². The minimum atomic E-state index is -0.500. The minimum Gasteiger partial charge on any atom is -0.392 e. The Morgan fingerprint density at radius 3 is 1.37 bits per heavy atom. The third kappa shape index (κ3) is 18.8. The summed E-state index contributed by atoms with van der Waals surface area (Å²) in [5.41, 5.74) is 0. The largest absolute Gasteiger partial charge is 0.392 e. The van der Waals surface area contributed by atoms with Gasteiger partial charge in [0.05, 0.1) is 30.5 Å². The van der Waals surface area contributed by atoms with Gasteiger partial charge in [-0.1, -0.05) is 13.3 Å². The van der Waals surface area contributed by atoms with Crippen LogP contribution < -0.4 is 5.32 Å². The first-order valence-electron chi connectivity index (χ1n) is 13.3. The standard InChI is InChI=1S/C26H53N3O6/c1-19(11-7-9-13-28(15-20(2)30)16-21(3)31)26(35)27-25(24(6)34)12-8-10-14-29(17-22(4)32)18-23(5)33/h19-23,25,30-33H,7-18H2,1-6H3,(H,27,35)/t19-,20-,21-,22-,23-,25+/m1/s1. The lowest BCUT2D eigenvalue weighted by atomic mass is 10.0. The molecule has 0 bridgehead atoms. The van der Waals surface area contributed by atoms with E-state index in [0.29, 0.717) is 45.6 Å². The Balaban J connectivity index is 4.44. The molecule has 208 valence electrons. The van der Waals surface area contributed by atoms with Crippen molar-refractivity contribution in [3.63, 3.8) is 0 Å². The highest BCUT2D eigenvalue weighted by molar-refractivity contribution is 5.88. The van der Waals surface area contributed by atoms with Crippen LogP contribution in [0.5, 0.6) is 0 Å². The average Bonchev–Trinajstić information content (AvgIpc) is 2.70. The van der Waals surface area contributed by atoms with E-state index in [2.05, 4.69) is 5.32 Å². The van der Waals surface area contributed by atoms with Gasteiger partial charge in [0.15, 0.2) is 5.78 Å². The molecule has 0 rings (SSSR count). The summed E-state index contributed by atoms with van der Waals surface area (Å²) in [5, 5.41) is 41.4. The van der Waals surface area contributed by atoms with Crippen LogP contribution in [0.25, 0.3) is 0 Å². The fourth-order valence-electron chi connectivity index (χ4n) is 4.30. The van der Waals surface area contributed by atoms with Gasteiger partial charge in [-0.3, -0.25) is 19.4 Å². The van der Waals surface area contributed by atoms with Gasteiger partial charge in [0, 0.05) is 32.1 Å². The number of aliphatic hydroxyl groups is 4. The maximum Gasteiger partial charge on any atom is 0.223 e. The van der Waals surface area contributed by atoms with Gasteiger partial charge in [0.1, 0.15) is 0 Å². The van der Waals surface area contributed by atoms with Gasteiger partial charge in [-0.2, -0.15) is 0 Å². The fraction of sp³-hybridized carbons (Fsp3) is 0.923. The number of nitrogens with one attached hydrogen (secondary N) is 1. The molecule has 9 nitrogen and oxygen atoms in total. The zero-order valence-corrected chi connectivity index (χ0v) is 22.9. The Morgan fingerprint density at radius 2 is 1.03 bits per heavy atom. The number of ketones is 1. The molecule has 0 aromatic heterocycles. The molecule has 6 atom stereocenters. The van der Waals surface area contributed by atoms with E-state index in [9.17, 15) is 30.0 Å². The van der Waals surface area contributed by atoms with Crippen molar-refractivity contribution >= 4 is 11.7 Å². The molecule has 0 aliphatic heterocycles. The number of hydrogen-bond donors (Lipinski definition) is 5. The number of carbonyl (C=O) groups excluding carboxylic acids is 2. The lowest BCUT2D eigenvalue weighted by Crippen LogP contribution is -2.42. The molecule has 0 unspecified atom stereocenters. The van der Waals surface area contributed by atoms with E-state index in [1.54, 1.807) is 27.7 Å². The highest BCUT2D eigenvalue weighted by Gasteiger charge is 2.21. The maximum atomic E-state index is 12.7. The Hall–Kier alpha value is -1.10. The molecular formula is C26H53N3O6. The Bertz CT molecular complexity index is 551. The van der Waals surface area contributed by atoms with E-state index in [-0.39, 0.29) is 17.6 Å². The van der Waals surface area contributed by atoms with Crippen LogP contribution in [-0.4, -0.2) is 112 Å². The van der Waals surface area contributed by atoms with E-state index in [4.69, 9.17) is 0 Å². The second-order valence-electron chi connectivity index (χ2n) is 10.5. The summed E-state index contributed by atoms with van der Waals surface area (Å²) < 4.78 is 0. The topological polar surface area (TPSA) is 134 Å². The van der Waals surface area contributed by atoms with Crippen LogP contribution in [0.4, 0.5) is 0 Å². The van der Waals surface area contributed by atoms with E-state index in [1.165, 1.54) is 6.92 Å².